The van der Waals surface area contributed by atoms with Crippen LogP contribution in [0.15, 0.2) is 18.2 Å². The smallest absolute Gasteiger partial charge is 0.305 e. The van der Waals surface area contributed by atoms with Gasteiger partial charge in [0.05, 0.1) is 19.6 Å². The number of carboxylic acids is 1. The number of rotatable bonds is 4. The highest BCUT2D eigenvalue weighted by atomic mass is 16.5. The van der Waals surface area contributed by atoms with Crippen LogP contribution in [0.5, 0.6) is 0 Å². The number of benzene rings is 1. The Bertz CT molecular complexity index is 432. The van der Waals surface area contributed by atoms with Crippen molar-refractivity contribution >= 4 is 5.97 Å². The van der Waals surface area contributed by atoms with E-state index in [9.17, 15) is 4.79 Å². The first-order chi connectivity index (χ1) is 9.06. The van der Waals surface area contributed by atoms with Gasteiger partial charge in [-0.1, -0.05) is 29.3 Å². The van der Waals surface area contributed by atoms with E-state index in [2.05, 4.69) is 23.1 Å². The molecular formula is C15H21NO3. The molecule has 0 radical (unpaired) electrons. The summed E-state index contributed by atoms with van der Waals surface area (Å²) >= 11 is 0. The number of aryl methyl sites for hydroxylation is 2. The Morgan fingerprint density at radius 3 is 2.37 bits per heavy atom. The van der Waals surface area contributed by atoms with Crippen LogP contribution in [0.3, 0.4) is 0 Å². The van der Waals surface area contributed by atoms with Crippen molar-refractivity contribution < 1.29 is 14.6 Å². The van der Waals surface area contributed by atoms with Crippen LogP contribution < -0.4 is 0 Å². The molecular weight excluding hydrogens is 242 g/mol. The van der Waals surface area contributed by atoms with E-state index in [-0.39, 0.29) is 12.5 Å². The summed E-state index contributed by atoms with van der Waals surface area (Å²) in [6, 6.07) is 6.24. The molecule has 19 heavy (non-hydrogen) atoms. The van der Waals surface area contributed by atoms with Crippen molar-refractivity contribution in [3.05, 3.63) is 34.9 Å². The van der Waals surface area contributed by atoms with Gasteiger partial charge in [-0.05, 0) is 19.4 Å². The van der Waals surface area contributed by atoms with Gasteiger partial charge in [0.1, 0.15) is 0 Å². The fourth-order valence-electron chi connectivity index (χ4n) is 2.71. The summed E-state index contributed by atoms with van der Waals surface area (Å²) in [5, 5.41) is 9.16. The van der Waals surface area contributed by atoms with Gasteiger partial charge in [0.2, 0.25) is 0 Å². The lowest BCUT2D eigenvalue weighted by Crippen LogP contribution is -2.39. The highest BCUT2D eigenvalue weighted by molar-refractivity contribution is 5.68. The molecule has 1 aliphatic heterocycles. The van der Waals surface area contributed by atoms with E-state index in [0.717, 1.165) is 18.7 Å². The zero-order valence-electron chi connectivity index (χ0n) is 11.6. The predicted molar refractivity (Wildman–Crippen MR) is 73.3 cm³/mol. The molecule has 2 rings (SSSR count). The Balaban J connectivity index is 2.27. The van der Waals surface area contributed by atoms with E-state index >= 15 is 0 Å². The van der Waals surface area contributed by atoms with Crippen LogP contribution in [0.1, 0.15) is 29.2 Å². The number of nitrogens with zero attached hydrogens (tertiary/aromatic N) is 1. The predicted octanol–water partition coefficient (Wildman–Crippen LogP) is 2.15. The average molecular weight is 263 g/mol. The Labute approximate surface area is 114 Å². The highest BCUT2D eigenvalue weighted by Crippen LogP contribution is 2.27. The van der Waals surface area contributed by atoms with E-state index in [1.54, 1.807) is 0 Å². The largest absolute Gasteiger partial charge is 0.481 e. The SMILES string of the molecule is Cc1cc(C)cc(C(CC(=O)O)N2CCOCC2)c1. The number of hydrogen-bond donors (Lipinski definition) is 1. The minimum absolute atomic E-state index is 0.0556. The van der Waals surface area contributed by atoms with Gasteiger partial charge in [0.15, 0.2) is 0 Å². The van der Waals surface area contributed by atoms with Crippen LogP contribution in [0.2, 0.25) is 0 Å². The molecule has 4 heteroatoms. The summed E-state index contributed by atoms with van der Waals surface area (Å²) < 4.78 is 5.35. The molecule has 0 aliphatic carbocycles. The van der Waals surface area contributed by atoms with Gasteiger partial charge in [-0.2, -0.15) is 0 Å². The number of carbonyl (C=O) groups is 1. The van der Waals surface area contributed by atoms with Gasteiger partial charge in [0.25, 0.3) is 0 Å². The fraction of sp³-hybridized carbons (Fsp3) is 0.533. The monoisotopic (exact) mass is 263 g/mol. The maximum atomic E-state index is 11.1. The lowest BCUT2D eigenvalue weighted by atomic mass is 9.97. The van der Waals surface area contributed by atoms with Crippen molar-refractivity contribution in [1.82, 2.24) is 4.90 Å². The lowest BCUT2D eigenvalue weighted by Gasteiger charge is -2.34. The maximum Gasteiger partial charge on any atom is 0.305 e. The van der Waals surface area contributed by atoms with Gasteiger partial charge < -0.3 is 9.84 Å². The first kappa shape index (κ1) is 14.0. The van der Waals surface area contributed by atoms with Crippen molar-refractivity contribution in [2.45, 2.75) is 26.3 Å². The second kappa shape index (κ2) is 6.17. The Hall–Kier alpha value is -1.39. The van der Waals surface area contributed by atoms with Crippen LogP contribution in [0.4, 0.5) is 0 Å². The molecule has 1 atom stereocenters. The summed E-state index contributed by atoms with van der Waals surface area (Å²) in [7, 11) is 0. The van der Waals surface area contributed by atoms with Gasteiger partial charge in [-0.25, -0.2) is 0 Å². The molecule has 4 nitrogen and oxygen atoms in total. The second-order valence-electron chi connectivity index (χ2n) is 5.18. The van der Waals surface area contributed by atoms with E-state index < -0.39 is 5.97 Å². The van der Waals surface area contributed by atoms with Crippen LogP contribution in [0.25, 0.3) is 0 Å². The zero-order chi connectivity index (χ0) is 13.8. The lowest BCUT2D eigenvalue weighted by molar-refractivity contribution is -0.139. The molecule has 1 aromatic carbocycles. The number of hydrogen-bond acceptors (Lipinski definition) is 3. The third-order valence-electron chi connectivity index (χ3n) is 3.48. The van der Waals surface area contributed by atoms with E-state index in [4.69, 9.17) is 9.84 Å². The minimum atomic E-state index is -0.754. The summed E-state index contributed by atoms with van der Waals surface area (Å²) in [5.74, 6) is -0.754. The fourth-order valence-corrected chi connectivity index (χ4v) is 2.71. The molecule has 0 bridgehead atoms. The van der Waals surface area contributed by atoms with Crippen molar-refractivity contribution in [1.29, 1.82) is 0 Å². The summed E-state index contributed by atoms with van der Waals surface area (Å²) in [6.07, 6.45) is 0.142. The standard InChI is InChI=1S/C15H21NO3/c1-11-7-12(2)9-13(8-11)14(10-15(17)18)16-3-5-19-6-4-16/h7-9,14H,3-6,10H2,1-2H3,(H,17,18). The van der Waals surface area contributed by atoms with Crippen molar-refractivity contribution in [2.24, 2.45) is 0 Å². The number of morpholine rings is 1. The molecule has 0 saturated carbocycles. The first-order valence-corrected chi connectivity index (χ1v) is 6.68. The van der Waals surface area contributed by atoms with Crippen molar-refractivity contribution in [3.8, 4) is 0 Å². The molecule has 104 valence electrons. The van der Waals surface area contributed by atoms with Gasteiger partial charge >= 0.3 is 5.97 Å². The Kier molecular flexibility index (Phi) is 4.56. The molecule has 0 amide bonds. The van der Waals surface area contributed by atoms with E-state index in [0.29, 0.717) is 13.2 Å². The van der Waals surface area contributed by atoms with Crippen molar-refractivity contribution in [2.75, 3.05) is 26.3 Å². The van der Waals surface area contributed by atoms with Gasteiger partial charge in [-0.15, -0.1) is 0 Å². The van der Waals surface area contributed by atoms with E-state index in [1.165, 1.54) is 11.1 Å². The first-order valence-electron chi connectivity index (χ1n) is 6.68. The molecule has 1 heterocycles. The molecule has 1 unspecified atom stereocenters. The molecule has 1 aliphatic rings. The molecule has 1 aromatic rings. The van der Waals surface area contributed by atoms with Crippen LogP contribution in [-0.4, -0.2) is 42.3 Å². The zero-order valence-corrected chi connectivity index (χ0v) is 11.6. The topological polar surface area (TPSA) is 49.8 Å². The summed E-state index contributed by atoms with van der Waals surface area (Å²) in [5.41, 5.74) is 3.46. The van der Waals surface area contributed by atoms with E-state index in [1.807, 2.05) is 13.8 Å². The minimum Gasteiger partial charge on any atom is -0.481 e. The maximum absolute atomic E-state index is 11.1. The van der Waals surface area contributed by atoms with Crippen LogP contribution in [0, 0.1) is 13.8 Å². The third-order valence-corrected chi connectivity index (χ3v) is 3.48. The number of carboxylic acid groups (broad SMARTS) is 1. The Morgan fingerprint density at radius 2 is 1.84 bits per heavy atom. The normalized spacial score (nSPS) is 18.2. The van der Waals surface area contributed by atoms with Gasteiger partial charge in [-0.3, -0.25) is 9.69 Å². The quantitative estimate of drug-likeness (QED) is 0.904. The molecule has 1 N–H and O–H groups in total. The molecule has 1 saturated heterocycles. The second-order valence-corrected chi connectivity index (χ2v) is 5.18. The number of ether oxygens (including phenoxy) is 1. The van der Waals surface area contributed by atoms with Crippen molar-refractivity contribution in [3.63, 3.8) is 0 Å². The summed E-state index contributed by atoms with van der Waals surface area (Å²) in [6.45, 7) is 7.05. The third kappa shape index (κ3) is 3.78. The Morgan fingerprint density at radius 1 is 1.26 bits per heavy atom. The van der Waals surface area contributed by atoms with Crippen LogP contribution >= 0.6 is 0 Å². The number of aliphatic carboxylic acids is 1. The average Bonchev–Trinajstić information content (AvgIpc) is 2.35. The highest BCUT2D eigenvalue weighted by Gasteiger charge is 2.25. The molecule has 0 spiro atoms. The summed E-state index contributed by atoms with van der Waals surface area (Å²) in [4.78, 5) is 13.4. The molecule has 0 aromatic heterocycles. The van der Waals surface area contributed by atoms with Crippen LogP contribution in [-0.2, 0) is 9.53 Å². The molecule has 1 fully saturated rings. The van der Waals surface area contributed by atoms with Gasteiger partial charge in [0, 0.05) is 19.1 Å².